The van der Waals surface area contributed by atoms with Crippen molar-refractivity contribution in [3.63, 3.8) is 0 Å². The van der Waals surface area contributed by atoms with Crippen LogP contribution in [-0.2, 0) is 0 Å². The van der Waals surface area contributed by atoms with Crippen LogP contribution in [0.2, 0.25) is 0 Å². The first-order valence-electron chi connectivity index (χ1n) is 22.7. The van der Waals surface area contributed by atoms with Gasteiger partial charge in [-0.2, -0.15) is 0 Å². The van der Waals surface area contributed by atoms with Gasteiger partial charge in [0.2, 0.25) is 0 Å². The van der Waals surface area contributed by atoms with Crippen LogP contribution >= 0.6 is 5.51 Å². The maximum atomic E-state index is 5.26. The van der Waals surface area contributed by atoms with Gasteiger partial charge in [-0.15, -0.1) is 0 Å². The van der Waals surface area contributed by atoms with E-state index in [4.69, 9.17) is 4.98 Å². The average Bonchev–Trinajstić information content (AvgIpc) is 3.94. The molecule has 1 atom stereocenters. The fourth-order valence-electron chi connectivity index (χ4n) is 11.1. The summed E-state index contributed by atoms with van der Waals surface area (Å²) in [4.78, 5) is 5.26. The first-order chi connectivity index (χ1) is 32.6. The van der Waals surface area contributed by atoms with Gasteiger partial charge >= 0.3 is 255 Å². The molecule has 1 aliphatic carbocycles. The van der Waals surface area contributed by atoms with Gasteiger partial charge in [0.25, 0.3) is 0 Å². The summed E-state index contributed by atoms with van der Waals surface area (Å²) < 4.78 is 2.38. The van der Waals surface area contributed by atoms with Crippen LogP contribution in [0.5, 0.6) is 0 Å². The van der Waals surface area contributed by atoms with E-state index in [1.807, 2.05) is 0 Å². The van der Waals surface area contributed by atoms with Crippen molar-refractivity contribution < 1.29 is 0 Å². The van der Waals surface area contributed by atoms with E-state index in [9.17, 15) is 0 Å². The Hall–Kier alpha value is -7.38. The Labute approximate surface area is 389 Å². The molecule has 2 heterocycles. The summed E-state index contributed by atoms with van der Waals surface area (Å²) in [6.45, 7) is 0. The number of imidazole rings is 1. The van der Waals surface area contributed by atoms with Crippen LogP contribution in [0.25, 0.3) is 104 Å². The molecule has 0 amide bonds. The molecule has 0 saturated heterocycles. The van der Waals surface area contributed by atoms with Crippen molar-refractivity contribution >= 4 is 102 Å². The average molecular weight is 922 g/mol. The molecule has 14 rings (SSSR count). The molecule has 0 N–H and O–H groups in total. The number of benzene rings is 11. The van der Waals surface area contributed by atoms with Gasteiger partial charge in [0.1, 0.15) is 5.65 Å². The number of nitrogens with zero attached hydrogens (tertiary/aromatic N) is 2. The normalized spacial score (nSPS) is 13.6. The number of rotatable bonds is 5. The van der Waals surface area contributed by atoms with Crippen LogP contribution in [0.4, 0.5) is 0 Å². The molecule has 1 aliphatic rings. The number of hydrogen-bond acceptors (Lipinski definition) is 1. The fraction of sp³-hybridized carbons (Fsp3) is 0.0161. The van der Waals surface area contributed by atoms with Crippen LogP contribution in [-0.4, -0.2) is 24.5 Å². The zero-order chi connectivity index (χ0) is 43.5. The Morgan fingerprint density at radius 2 is 0.939 bits per heavy atom. The number of aromatic nitrogens is 2. The first kappa shape index (κ1) is 37.9. The Morgan fingerprint density at radius 3 is 1.71 bits per heavy atom. The summed E-state index contributed by atoms with van der Waals surface area (Å²) in [5.74, 6) is 0. The number of hydrogen-bond donors (Lipinski definition) is 0. The summed E-state index contributed by atoms with van der Waals surface area (Å²) >= 11 is 3.95. The Morgan fingerprint density at radius 1 is 0.379 bits per heavy atom. The summed E-state index contributed by atoms with van der Waals surface area (Å²) in [7, 11) is 0. The van der Waals surface area contributed by atoms with Gasteiger partial charge in [0.15, 0.2) is 0 Å². The van der Waals surface area contributed by atoms with Crippen molar-refractivity contribution in [2.24, 2.45) is 0 Å². The molecule has 4 heteroatoms. The molecule has 0 spiro atoms. The van der Waals surface area contributed by atoms with Gasteiger partial charge in [0.05, 0.1) is 16.6 Å². The third kappa shape index (κ3) is 5.61. The van der Waals surface area contributed by atoms with Gasteiger partial charge in [-0.1, -0.05) is 48.5 Å². The van der Waals surface area contributed by atoms with Crippen molar-refractivity contribution in [2.75, 3.05) is 0 Å². The fourth-order valence-corrected chi connectivity index (χ4v) is 17.4. The predicted octanol–water partition coefficient (Wildman–Crippen LogP) is 15.4. The first-order valence-corrected chi connectivity index (χ1v) is 26.7. The standard InChI is InChI=1S/C62H39N2PSe/c66-65(49-33-29-39-11-1-2-13-44(39)36-49,61-54-17-7-5-15-51(54)52-16-6-8-18-55(52)61)48-31-27-41(28-32-48)40-21-23-42(24-22-40)45-25-26-46-37-56-53-34-30-43-12-3-4-14-50(43)60(53)62-63-57-19-9-10-20-58(57)64(62)59(56)38-47(46)35-45/h1-38,61H. The third-order valence-corrected chi connectivity index (χ3v) is 21.7. The van der Waals surface area contributed by atoms with Crippen molar-refractivity contribution in [2.45, 2.75) is 5.66 Å². The quantitative estimate of drug-likeness (QED) is 0.0728. The monoisotopic (exact) mass is 922 g/mol. The summed E-state index contributed by atoms with van der Waals surface area (Å²) in [6, 6.07) is 85.9. The molecule has 1 unspecified atom stereocenters. The van der Waals surface area contributed by atoms with Crippen molar-refractivity contribution in [3.8, 4) is 33.4 Å². The van der Waals surface area contributed by atoms with E-state index >= 15 is 0 Å². The minimum atomic E-state index is -2.16. The molecule has 0 bridgehead atoms. The van der Waals surface area contributed by atoms with Crippen LogP contribution in [0.3, 0.4) is 0 Å². The molecule has 0 saturated carbocycles. The molecule has 308 valence electrons. The van der Waals surface area contributed by atoms with Crippen molar-refractivity contribution in [1.82, 2.24) is 9.38 Å². The zero-order valence-electron chi connectivity index (χ0n) is 35.8. The summed E-state index contributed by atoms with van der Waals surface area (Å²) in [6.07, 6.45) is 0. The molecule has 2 nitrogen and oxygen atoms in total. The SMILES string of the molecule is [Se]=P(c1ccc(-c2ccc(-c3ccc4cc5c6ccc7ccccc7c6c6nc7ccccc7n6c5cc4c3)cc2)cc1)(c1ccc2ccccc2c1)C1c2ccccc2-c2ccccc21. The van der Waals surface area contributed by atoms with Gasteiger partial charge < -0.3 is 0 Å². The van der Waals surface area contributed by atoms with Crippen molar-refractivity contribution in [1.29, 1.82) is 0 Å². The van der Waals surface area contributed by atoms with Crippen LogP contribution in [0.1, 0.15) is 16.8 Å². The molecule has 0 aliphatic heterocycles. The second-order valence-corrected chi connectivity index (χ2v) is 24.3. The Balaban J connectivity index is 0.850. The summed E-state index contributed by atoms with van der Waals surface area (Å²) in [5, 5.41) is 13.8. The van der Waals surface area contributed by atoms with Crippen molar-refractivity contribution in [3.05, 3.63) is 242 Å². The second kappa shape index (κ2) is 14.6. The number of para-hydroxylation sites is 2. The topological polar surface area (TPSA) is 17.3 Å². The van der Waals surface area contributed by atoms with E-state index < -0.39 is 5.51 Å². The van der Waals surface area contributed by atoms with E-state index in [0.29, 0.717) is 0 Å². The van der Waals surface area contributed by atoms with Crippen LogP contribution in [0.15, 0.2) is 231 Å². The van der Waals surface area contributed by atoms with E-state index in [-0.39, 0.29) is 5.66 Å². The molecule has 0 fully saturated rings. The van der Waals surface area contributed by atoms with Gasteiger partial charge in [-0.25, -0.2) is 4.98 Å². The number of pyridine rings is 1. The van der Waals surface area contributed by atoms with Crippen LogP contribution in [0, 0.1) is 0 Å². The maximum absolute atomic E-state index is 5.26. The van der Waals surface area contributed by atoms with E-state index in [2.05, 4.69) is 250 Å². The molecule has 0 radical (unpaired) electrons. The zero-order valence-corrected chi connectivity index (χ0v) is 38.4. The second-order valence-electron chi connectivity index (χ2n) is 17.8. The molecular formula is C62H39N2PSe. The van der Waals surface area contributed by atoms with E-state index in [1.54, 1.807) is 0 Å². The number of fused-ring (bicyclic) bond motifs is 15. The minimum absolute atomic E-state index is 0.209. The van der Waals surface area contributed by atoms with Gasteiger partial charge in [-0.3, -0.25) is 4.40 Å². The summed E-state index contributed by atoms with van der Waals surface area (Å²) in [5.41, 5.74) is 12.7. The molecule has 2 aromatic heterocycles. The molecule has 66 heavy (non-hydrogen) atoms. The molecule has 11 aromatic carbocycles. The Kier molecular flexibility index (Phi) is 8.37. The van der Waals surface area contributed by atoms with Gasteiger partial charge in [-0.05, 0) is 45.8 Å². The molecule has 13 aromatic rings. The third-order valence-electron chi connectivity index (χ3n) is 14.3. The predicted molar refractivity (Wildman–Crippen MR) is 283 cm³/mol. The van der Waals surface area contributed by atoms with E-state index in [0.717, 1.165) is 16.7 Å². The van der Waals surface area contributed by atoms with E-state index in [1.165, 1.54) is 109 Å². The van der Waals surface area contributed by atoms with Gasteiger partial charge in [0, 0.05) is 10.8 Å². The molecular weight excluding hydrogens is 883 g/mol. The van der Waals surface area contributed by atoms with Crippen LogP contribution < -0.4 is 10.6 Å². The Bertz CT molecular complexity index is 4160.